The first-order chi connectivity index (χ1) is 16.3. The molecule has 176 valence electrons. The molecule has 2 N–H and O–H groups in total. The fourth-order valence-electron chi connectivity index (χ4n) is 4.61. The number of nitrogens with zero attached hydrogens (tertiary/aromatic N) is 5. The van der Waals surface area contributed by atoms with Gasteiger partial charge in [0.25, 0.3) is 0 Å². The molecule has 5 rings (SSSR count). The van der Waals surface area contributed by atoms with Crippen LogP contribution in [0.15, 0.2) is 24.4 Å². The maximum Gasteiger partial charge on any atom is 0.318 e. The number of benzene rings is 1. The number of fused-ring (bicyclic) bond motifs is 2. The third-order valence-corrected chi connectivity index (χ3v) is 6.88. The molecular formula is C25H28N6O2S. The van der Waals surface area contributed by atoms with Crippen LogP contribution >= 0.6 is 11.3 Å². The molecule has 0 atom stereocenters. The Labute approximate surface area is 202 Å². The van der Waals surface area contributed by atoms with Crippen LogP contribution in [-0.4, -0.2) is 40.2 Å². The molecule has 0 amide bonds. The van der Waals surface area contributed by atoms with E-state index in [1.54, 1.807) is 7.11 Å². The Hall–Kier alpha value is -3.46. The number of hydrogen-bond acceptors (Lipinski definition) is 9. The lowest BCUT2D eigenvalue weighted by Crippen LogP contribution is -2.28. The molecule has 4 aromatic rings. The van der Waals surface area contributed by atoms with Gasteiger partial charge in [-0.3, -0.25) is 0 Å². The zero-order valence-electron chi connectivity index (χ0n) is 20.0. The van der Waals surface area contributed by atoms with Gasteiger partial charge in [-0.25, -0.2) is 15.0 Å². The van der Waals surface area contributed by atoms with Crippen molar-refractivity contribution in [1.82, 2.24) is 19.9 Å². The highest BCUT2D eigenvalue weighted by Crippen LogP contribution is 2.37. The molecule has 0 saturated carbocycles. The fourth-order valence-corrected chi connectivity index (χ4v) is 5.27. The van der Waals surface area contributed by atoms with Crippen LogP contribution in [0.2, 0.25) is 0 Å². The summed E-state index contributed by atoms with van der Waals surface area (Å²) in [6.45, 7) is 10.4. The van der Waals surface area contributed by atoms with Crippen LogP contribution in [0, 0.1) is 13.8 Å². The van der Waals surface area contributed by atoms with E-state index in [4.69, 9.17) is 20.2 Å². The Bertz CT molecular complexity index is 1380. The van der Waals surface area contributed by atoms with Gasteiger partial charge in [0.1, 0.15) is 28.5 Å². The van der Waals surface area contributed by atoms with Crippen molar-refractivity contribution >= 4 is 32.6 Å². The van der Waals surface area contributed by atoms with Crippen LogP contribution < -0.4 is 20.1 Å². The van der Waals surface area contributed by atoms with Crippen LogP contribution in [-0.2, 0) is 6.54 Å². The highest BCUT2D eigenvalue weighted by atomic mass is 32.1. The third kappa shape index (κ3) is 4.00. The molecule has 3 aromatic heterocycles. The molecule has 1 aromatic carbocycles. The van der Waals surface area contributed by atoms with E-state index in [0.29, 0.717) is 30.8 Å². The second-order valence-corrected chi connectivity index (χ2v) is 9.85. The first-order valence-corrected chi connectivity index (χ1v) is 12.1. The Kier molecular flexibility index (Phi) is 5.73. The molecule has 0 aliphatic carbocycles. The zero-order valence-corrected chi connectivity index (χ0v) is 20.9. The highest BCUT2D eigenvalue weighted by molar-refractivity contribution is 7.21. The number of aryl methyl sites for hydroxylation is 2. The smallest absolute Gasteiger partial charge is 0.318 e. The quantitative estimate of drug-likeness (QED) is 0.445. The Morgan fingerprint density at radius 1 is 1.12 bits per heavy atom. The van der Waals surface area contributed by atoms with Crippen molar-refractivity contribution in [3.8, 4) is 22.9 Å². The molecular weight excluding hydrogens is 448 g/mol. The van der Waals surface area contributed by atoms with Gasteiger partial charge in [0.15, 0.2) is 5.13 Å². The van der Waals surface area contributed by atoms with E-state index >= 15 is 0 Å². The lowest BCUT2D eigenvalue weighted by molar-refractivity contribution is 0.329. The highest BCUT2D eigenvalue weighted by Gasteiger charge is 2.25. The minimum atomic E-state index is 0.279. The minimum Gasteiger partial charge on any atom is -0.491 e. The monoisotopic (exact) mass is 476 g/mol. The Morgan fingerprint density at radius 3 is 2.71 bits per heavy atom. The van der Waals surface area contributed by atoms with Crippen molar-refractivity contribution in [3.05, 3.63) is 46.8 Å². The second kappa shape index (κ2) is 8.72. The molecule has 0 fully saturated rings. The lowest BCUT2D eigenvalue weighted by atomic mass is 9.99. The Morgan fingerprint density at radius 2 is 1.94 bits per heavy atom. The molecule has 0 saturated heterocycles. The van der Waals surface area contributed by atoms with E-state index in [0.717, 1.165) is 55.4 Å². The van der Waals surface area contributed by atoms with Gasteiger partial charge in [0.05, 0.1) is 19.3 Å². The van der Waals surface area contributed by atoms with Gasteiger partial charge >= 0.3 is 6.01 Å². The number of pyridine rings is 1. The summed E-state index contributed by atoms with van der Waals surface area (Å²) in [5.41, 5.74) is 13.0. The van der Waals surface area contributed by atoms with Gasteiger partial charge in [0, 0.05) is 29.4 Å². The molecule has 9 heteroatoms. The summed E-state index contributed by atoms with van der Waals surface area (Å²) < 4.78 is 11.6. The number of rotatable bonds is 4. The van der Waals surface area contributed by atoms with Crippen LogP contribution in [0.4, 0.5) is 10.9 Å². The van der Waals surface area contributed by atoms with Crippen LogP contribution in [0.25, 0.3) is 21.5 Å². The second-order valence-electron chi connectivity index (χ2n) is 8.84. The molecule has 8 nitrogen and oxygen atoms in total. The number of ether oxygens (including phenoxy) is 2. The van der Waals surface area contributed by atoms with Crippen molar-refractivity contribution in [3.63, 3.8) is 0 Å². The maximum absolute atomic E-state index is 6.22. The van der Waals surface area contributed by atoms with E-state index < -0.39 is 0 Å². The van der Waals surface area contributed by atoms with Gasteiger partial charge in [-0.2, -0.15) is 4.98 Å². The average Bonchev–Trinajstić information content (AvgIpc) is 3.03. The summed E-state index contributed by atoms with van der Waals surface area (Å²) in [7, 11) is 1.60. The largest absolute Gasteiger partial charge is 0.491 e. The first-order valence-electron chi connectivity index (χ1n) is 11.3. The predicted molar refractivity (Wildman–Crippen MR) is 136 cm³/mol. The van der Waals surface area contributed by atoms with Crippen molar-refractivity contribution in [2.75, 3.05) is 30.9 Å². The van der Waals surface area contributed by atoms with Crippen molar-refractivity contribution < 1.29 is 9.47 Å². The lowest BCUT2D eigenvalue weighted by Gasteiger charge is -2.26. The van der Waals surface area contributed by atoms with Crippen molar-refractivity contribution in [2.45, 2.75) is 40.2 Å². The van der Waals surface area contributed by atoms with Crippen LogP contribution in [0.5, 0.6) is 11.8 Å². The van der Waals surface area contributed by atoms with Crippen LogP contribution in [0.3, 0.4) is 0 Å². The van der Waals surface area contributed by atoms with E-state index in [-0.39, 0.29) is 5.92 Å². The number of anilines is 2. The van der Waals surface area contributed by atoms with Gasteiger partial charge in [0.2, 0.25) is 0 Å². The number of nitrogen functional groups attached to an aromatic ring is 1. The molecule has 1 aliphatic heterocycles. The fraction of sp³-hybridized carbons (Fsp3) is 0.360. The molecule has 1 aliphatic rings. The topological polar surface area (TPSA) is 99.3 Å². The molecule has 4 heterocycles. The maximum atomic E-state index is 6.22. The van der Waals surface area contributed by atoms with Crippen molar-refractivity contribution in [2.24, 2.45) is 0 Å². The van der Waals surface area contributed by atoms with E-state index in [9.17, 15) is 0 Å². The van der Waals surface area contributed by atoms with E-state index in [1.807, 2.05) is 19.2 Å². The summed E-state index contributed by atoms with van der Waals surface area (Å²) in [5, 5.41) is 0.526. The van der Waals surface area contributed by atoms with Crippen molar-refractivity contribution in [1.29, 1.82) is 0 Å². The van der Waals surface area contributed by atoms with Gasteiger partial charge in [-0.15, -0.1) is 0 Å². The normalized spacial score (nSPS) is 13.6. The van der Waals surface area contributed by atoms with Gasteiger partial charge in [-0.05, 0) is 49.1 Å². The molecule has 0 bridgehead atoms. The summed E-state index contributed by atoms with van der Waals surface area (Å²) >= 11 is 1.40. The van der Waals surface area contributed by atoms with Crippen LogP contribution in [0.1, 0.15) is 42.1 Å². The molecule has 0 spiro atoms. The van der Waals surface area contributed by atoms with Gasteiger partial charge in [-0.1, -0.05) is 25.2 Å². The predicted octanol–water partition coefficient (Wildman–Crippen LogP) is 4.88. The average molecular weight is 477 g/mol. The number of nitrogens with two attached hydrogens (primary N) is 1. The number of thiazole rings is 1. The summed E-state index contributed by atoms with van der Waals surface area (Å²) in [4.78, 5) is 21.4. The molecule has 0 unspecified atom stereocenters. The molecule has 0 radical (unpaired) electrons. The van der Waals surface area contributed by atoms with Gasteiger partial charge < -0.3 is 20.1 Å². The third-order valence-electron chi connectivity index (χ3n) is 6.07. The summed E-state index contributed by atoms with van der Waals surface area (Å²) in [6.07, 6.45) is 1.88. The molecule has 34 heavy (non-hydrogen) atoms. The zero-order chi connectivity index (χ0) is 24.0. The Balaban J connectivity index is 1.58. The number of hydrogen-bond donors (Lipinski definition) is 1. The van der Waals surface area contributed by atoms with E-state index in [2.05, 4.69) is 52.8 Å². The number of aromatic nitrogens is 4. The first kappa shape index (κ1) is 22.3. The summed E-state index contributed by atoms with van der Waals surface area (Å²) in [6, 6.07) is 6.75. The SMILES string of the molecule is COc1nc(C)c(C(C)C)c(N2CCOc3c(C)cc(-c4cnc5sc(N)nc5c4)cc3C2)n1. The minimum absolute atomic E-state index is 0.279. The van der Waals surface area contributed by atoms with E-state index in [1.165, 1.54) is 11.3 Å². The summed E-state index contributed by atoms with van der Waals surface area (Å²) in [5.74, 6) is 2.11. The number of methoxy groups -OCH3 is 1. The standard InChI is InChI=1S/C25H28N6O2S/c1-13(2)20-15(4)28-25(32-5)30-22(20)31-6-7-33-21-14(3)8-16(9-18(21)12-31)17-10-19-23(27-11-17)34-24(26)29-19/h8-11,13H,6-7,12H2,1-5H3,(H2,26,29).